The highest BCUT2D eigenvalue weighted by Gasteiger charge is 2.16. The van der Waals surface area contributed by atoms with Gasteiger partial charge in [-0.3, -0.25) is 9.78 Å². The van der Waals surface area contributed by atoms with Crippen molar-refractivity contribution in [3.05, 3.63) is 63.6 Å². The number of H-pyrrole nitrogens is 1. The molecule has 1 N–H and O–H groups in total. The highest BCUT2D eigenvalue weighted by Crippen LogP contribution is 2.17. The van der Waals surface area contributed by atoms with Crippen molar-refractivity contribution in [3.8, 4) is 0 Å². The van der Waals surface area contributed by atoms with Crippen LogP contribution in [0.2, 0.25) is 0 Å². The molecular weight excluding hydrogens is 328 g/mol. The third kappa shape index (κ3) is 3.36. The molecule has 1 aromatic carbocycles. The number of aromatic amines is 1. The van der Waals surface area contributed by atoms with Gasteiger partial charge < -0.3 is 9.64 Å². The second-order valence-corrected chi connectivity index (χ2v) is 6.34. The molecule has 3 aromatic rings. The van der Waals surface area contributed by atoms with Gasteiger partial charge in [-0.05, 0) is 24.1 Å². The van der Waals surface area contributed by atoms with Gasteiger partial charge in [0.05, 0.1) is 18.6 Å². The SMILES string of the molecule is Cc1cccc(/C=C/c2ccnc3nc(N4CCOCC4)[nH]c(=O)c23)c1. The van der Waals surface area contributed by atoms with Gasteiger partial charge in [0.1, 0.15) is 0 Å². The summed E-state index contributed by atoms with van der Waals surface area (Å²) in [6.45, 7) is 4.74. The topological polar surface area (TPSA) is 71.1 Å². The van der Waals surface area contributed by atoms with E-state index in [1.54, 1.807) is 6.20 Å². The zero-order chi connectivity index (χ0) is 17.9. The molecule has 0 atom stereocenters. The quantitative estimate of drug-likeness (QED) is 0.788. The fourth-order valence-corrected chi connectivity index (χ4v) is 3.10. The minimum Gasteiger partial charge on any atom is -0.378 e. The summed E-state index contributed by atoms with van der Waals surface area (Å²) in [7, 11) is 0. The van der Waals surface area contributed by atoms with E-state index in [0.717, 1.165) is 11.1 Å². The first kappa shape index (κ1) is 16.5. The molecule has 0 bridgehead atoms. The molecule has 132 valence electrons. The number of fused-ring (bicyclic) bond motifs is 1. The Morgan fingerprint density at radius 1 is 1.19 bits per heavy atom. The number of pyridine rings is 1. The molecule has 0 saturated carbocycles. The van der Waals surface area contributed by atoms with Gasteiger partial charge in [0.2, 0.25) is 5.95 Å². The Morgan fingerprint density at radius 3 is 2.85 bits per heavy atom. The van der Waals surface area contributed by atoms with Crippen LogP contribution in [-0.2, 0) is 4.74 Å². The number of morpholine rings is 1. The molecule has 0 spiro atoms. The van der Waals surface area contributed by atoms with Crippen LogP contribution in [0.5, 0.6) is 0 Å². The van der Waals surface area contributed by atoms with Gasteiger partial charge in [0, 0.05) is 19.3 Å². The number of nitrogens with one attached hydrogen (secondary N) is 1. The van der Waals surface area contributed by atoms with Crippen molar-refractivity contribution in [2.75, 3.05) is 31.2 Å². The number of hydrogen-bond acceptors (Lipinski definition) is 5. The van der Waals surface area contributed by atoms with Gasteiger partial charge >= 0.3 is 0 Å². The molecule has 26 heavy (non-hydrogen) atoms. The van der Waals surface area contributed by atoms with E-state index < -0.39 is 0 Å². The second-order valence-electron chi connectivity index (χ2n) is 6.34. The average molecular weight is 348 g/mol. The fourth-order valence-electron chi connectivity index (χ4n) is 3.10. The van der Waals surface area contributed by atoms with Crippen LogP contribution >= 0.6 is 0 Å². The van der Waals surface area contributed by atoms with Gasteiger partial charge in [0.15, 0.2) is 5.65 Å². The molecule has 6 nitrogen and oxygen atoms in total. The van der Waals surface area contributed by atoms with Crippen LogP contribution in [0.3, 0.4) is 0 Å². The molecule has 1 aliphatic heterocycles. The molecule has 1 fully saturated rings. The maximum Gasteiger partial charge on any atom is 0.262 e. The number of aryl methyl sites for hydroxylation is 1. The Balaban J connectivity index is 1.73. The average Bonchev–Trinajstić information content (AvgIpc) is 2.67. The predicted molar refractivity (Wildman–Crippen MR) is 103 cm³/mol. The molecule has 6 heteroatoms. The second kappa shape index (κ2) is 7.09. The first-order valence-electron chi connectivity index (χ1n) is 8.67. The van der Waals surface area contributed by atoms with Crippen molar-refractivity contribution in [1.82, 2.24) is 15.0 Å². The van der Waals surface area contributed by atoms with Crippen LogP contribution in [0, 0.1) is 6.92 Å². The lowest BCUT2D eigenvalue weighted by atomic mass is 10.1. The third-order valence-corrected chi connectivity index (χ3v) is 4.44. The predicted octanol–water partition coefficient (Wildman–Crippen LogP) is 2.63. The summed E-state index contributed by atoms with van der Waals surface area (Å²) >= 11 is 0. The molecule has 4 rings (SSSR count). The first-order valence-corrected chi connectivity index (χ1v) is 8.67. The molecule has 0 amide bonds. The van der Waals surface area contributed by atoms with Crippen molar-refractivity contribution in [2.45, 2.75) is 6.92 Å². The summed E-state index contributed by atoms with van der Waals surface area (Å²) < 4.78 is 5.35. The summed E-state index contributed by atoms with van der Waals surface area (Å²) in [5.41, 5.74) is 3.37. The normalized spacial score (nSPS) is 15.0. The van der Waals surface area contributed by atoms with E-state index in [9.17, 15) is 4.79 Å². The molecule has 0 unspecified atom stereocenters. The van der Waals surface area contributed by atoms with E-state index in [-0.39, 0.29) is 5.56 Å². The number of nitrogens with zero attached hydrogens (tertiary/aromatic N) is 3. The van der Waals surface area contributed by atoms with Gasteiger partial charge in [-0.2, -0.15) is 4.98 Å². The van der Waals surface area contributed by atoms with Crippen molar-refractivity contribution in [2.24, 2.45) is 0 Å². The summed E-state index contributed by atoms with van der Waals surface area (Å²) in [6.07, 6.45) is 5.62. The van der Waals surface area contributed by atoms with Crippen molar-refractivity contribution in [1.29, 1.82) is 0 Å². The molecule has 2 aromatic heterocycles. The molecule has 3 heterocycles. The Kier molecular flexibility index (Phi) is 4.50. The van der Waals surface area contributed by atoms with E-state index in [4.69, 9.17) is 4.74 Å². The Bertz CT molecular complexity index is 1020. The lowest BCUT2D eigenvalue weighted by Crippen LogP contribution is -2.38. The van der Waals surface area contributed by atoms with Crippen molar-refractivity contribution < 1.29 is 4.74 Å². The number of anilines is 1. The van der Waals surface area contributed by atoms with Gasteiger partial charge in [-0.15, -0.1) is 0 Å². The Morgan fingerprint density at radius 2 is 2.04 bits per heavy atom. The lowest BCUT2D eigenvalue weighted by molar-refractivity contribution is 0.122. The van der Waals surface area contributed by atoms with E-state index in [1.807, 2.05) is 35.3 Å². The minimum atomic E-state index is -0.173. The number of aromatic nitrogens is 3. The van der Waals surface area contributed by atoms with Crippen LogP contribution in [0.15, 0.2) is 41.3 Å². The highest BCUT2D eigenvalue weighted by molar-refractivity contribution is 5.88. The van der Waals surface area contributed by atoms with Crippen molar-refractivity contribution in [3.63, 3.8) is 0 Å². The number of benzene rings is 1. The molecular formula is C20H20N4O2. The van der Waals surface area contributed by atoms with E-state index in [1.165, 1.54) is 5.56 Å². The maximum atomic E-state index is 12.7. The van der Waals surface area contributed by atoms with Gasteiger partial charge in [-0.25, -0.2) is 4.98 Å². The monoisotopic (exact) mass is 348 g/mol. The standard InChI is InChI=1S/C20H20N4O2/c1-14-3-2-4-15(13-14)5-6-16-7-8-21-18-17(16)19(25)23-20(22-18)24-9-11-26-12-10-24/h2-8,13H,9-12H2,1H3,(H,21,22,23,25)/b6-5+. The van der Waals surface area contributed by atoms with Gasteiger partial charge in [-0.1, -0.05) is 42.0 Å². The largest absolute Gasteiger partial charge is 0.378 e. The number of rotatable bonds is 3. The molecule has 1 aliphatic rings. The van der Waals surface area contributed by atoms with Crippen molar-refractivity contribution >= 4 is 29.1 Å². The van der Waals surface area contributed by atoms with E-state index in [2.05, 4.69) is 34.0 Å². The first-order chi connectivity index (χ1) is 12.7. The van der Waals surface area contributed by atoms with Crippen LogP contribution in [0.25, 0.3) is 23.2 Å². The van der Waals surface area contributed by atoms with Gasteiger partial charge in [0.25, 0.3) is 5.56 Å². The van der Waals surface area contributed by atoms with Crippen LogP contribution in [0.1, 0.15) is 16.7 Å². The zero-order valence-electron chi connectivity index (χ0n) is 14.6. The Labute approximate surface area is 151 Å². The Hall–Kier alpha value is -2.99. The number of hydrogen-bond donors (Lipinski definition) is 1. The molecule has 0 aliphatic carbocycles. The fraction of sp³-hybridized carbons (Fsp3) is 0.250. The summed E-state index contributed by atoms with van der Waals surface area (Å²) in [4.78, 5) is 26.5. The maximum absolute atomic E-state index is 12.7. The zero-order valence-corrected chi connectivity index (χ0v) is 14.6. The van der Waals surface area contributed by atoms with E-state index in [0.29, 0.717) is 43.3 Å². The lowest BCUT2D eigenvalue weighted by Gasteiger charge is -2.27. The molecule has 0 radical (unpaired) electrons. The molecule has 1 saturated heterocycles. The minimum absolute atomic E-state index is 0.173. The smallest absolute Gasteiger partial charge is 0.262 e. The summed E-state index contributed by atoms with van der Waals surface area (Å²) in [5.74, 6) is 0.554. The van der Waals surface area contributed by atoms with E-state index >= 15 is 0 Å². The number of ether oxygens (including phenoxy) is 1. The highest BCUT2D eigenvalue weighted by atomic mass is 16.5. The van der Waals surface area contributed by atoms with Crippen LogP contribution in [-0.4, -0.2) is 41.3 Å². The summed E-state index contributed by atoms with van der Waals surface area (Å²) in [6, 6.07) is 10.0. The summed E-state index contributed by atoms with van der Waals surface area (Å²) in [5, 5.41) is 0.508. The van der Waals surface area contributed by atoms with Crippen LogP contribution in [0.4, 0.5) is 5.95 Å². The third-order valence-electron chi connectivity index (χ3n) is 4.44. The van der Waals surface area contributed by atoms with Crippen LogP contribution < -0.4 is 10.5 Å².